The predicted octanol–water partition coefficient (Wildman–Crippen LogP) is 2.20. The number of hydrogen-bond acceptors (Lipinski definition) is 4. The molecule has 2 N–H and O–H groups in total. The maximum atomic E-state index is 13.8. The number of amides is 1. The number of aromatic nitrogens is 1. The first-order valence-corrected chi connectivity index (χ1v) is 6.89. The molecule has 1 aromatic heterocycles. The van der Waals surface area contributed by atoms with Crippen LogP contribution >= 0.6 is 0 Å². The number of aromatic carboxylic acids is 1. The summed E-state index contributed by atoms with van der Waals surface area (Å²) in [5, 5.41) is 11.2. The van der Waals surface area contributed by atoms with Crippen molar-refractivity contribution < 1.29 is 23.8 Å². The zero-order valence-electron chi connectivity index (χ0n) is 12.5. The molecule has 0 bridgehead atoms. The summed E-state index contributed by atoms with van der Waals surface area (Å²) in [6.45, 7) is 0.0307. The number of carbonyl (C=O) groups excluding carboxylic acids is 1. The summed E-state index contributed by atoms with van der Waals surface area (Å²) in [5.41, 5.74) is 0.0365. The molecule has 2 aromatic rings. The van der Waals surface area contributed by atoms with E-state index in [1.807, 2.05) is 30.3 Å². The van der Waals surface area contributed by atoms with Crippen molar-refractivity contribution in [2.45, 2.75) is 6.61 Å². The molecule has 0 spiro atoms. The molecular formula is C17H13FN2O4. The van der Waals surface area contributed by atoms with Crippen LogP contribution in [-0.4, -0.2) is 28.7 Å². The summed E-state index contributed by atoms with van der Waals surface area (Å²) in [7, 11) is 0. The van der Waals surface area contributed by atoms with E-state index in [-0.39, 0.29) is 18.8 Å². The monoisotopic (exact) mass is 328 g/mol. The van der Waals surface area contributed by atoms with E-state index in [1.54, 1.807) is 0 Å². The fourth-order valence-corrected chi connectivity index (χ4v) is 1.71. The van der Waals surface area contributed by atoms with E-state index in [1.165, 1.54) is 0 Å². The zero-order chi connectivity index (χ0) is 17.4. The molecule has 1 amide bonds. The molecule has 7 heteroatoms. The van der Waals surface area contributed by atoms with Gasteiger partial charge in [-0.3, -0.25) is 0 Å². The highest BCUT2D eigenvalue weighted by Crippen LogP contribution is 2.09. The lowest BCUT2D eigenvalue weighted by molar-refractivity contribution is 0.0691. The van der Waals surface area contributed by atoms with E-state index < -0.39 is 23.4 Å². The van der Waals surface area contributed by atoms with Crippen LogP contribution in [0.15, 0.2) is 42.6 Å². The lowest BCUT2D eigenvalue weighted by Crippen LogP contribution is -2.24. The fraction of sp³-hybridized carbons (Fsp3) is 0.118. The molecule has 0 atom stereocenters. The number of nitrogens with zero attached hydrogens (tertiary/aromatic N) is 1. The Balaban J connectivity index is 1.84. The van der Waals surface area contributed by atoms with Gasteiger partial charge in [-0.05, 0) is 17.6 Å². The normalized spacial score (nSPS) is 9.54. The van der Waals surface area contributed by atoms with Crippen molar-refractivity contribution in [3.63, 3.8) is 0 Å². The lowest BCUT2D eigenvalue weighted by Gasteiger charge is -2.04. The summed E-state index contributed by atoms with van der Waals surface area (Å²) < 4.78 is 18.7. The van der Waals surface area contributed by atoms with Gasteiger partial charge in [-0.25, -0.2) is 19.0 Å². The van der Waals surface area contributed by atoms with Crippen molar-refractivity contribution in [2.24, 2.45) is 0 Å². The maximum Gasteiger partial charge on any atom is 0.408 e. The third-order valence-corrected chi connectivity index (χ3v) is 2.86. The van der Waals surface area contributed by atoms with E-state index in [9.17, 15) is 14.0 Å². The van der Waals surface area contributed by atoms with Crippen molar-refractivity contribution in [2.75, 3.05) is 6.54 Å². The van der Waals surface area contributed by atoms with Crippen LogP contribution < -0.4 is 5.32 Å². The summed E-state index contributed by atoms with van der Waals surface area (Å²) in [6.07, 6.45) is 0.485. The van der Waals surface area contributed by atoms with Crippen molar-refractivity contribution in [1.82, 2.24) is 10.3 Å². The van der Waals surface area contributed by atoms with Crippen LogP contribution in [0.2, 0.25) is 0 Å². The van der Waals surface area contributed by atoms with Gasteiger partial charge in [-0.2, -0.15) is 0 Å². The second-order valence-corrected chi connectivity index (χ2v) is 4.54. The standard InChI is InChI=1S/C17H13FN2O4/c18-15-13(16(21)22)8-10-19-14(15)7-4-9-20-17(23)24-11-12-5-2-1-3-6-12/h1-3,5-6,8,10H,9,11H2,(H,20,23)(H,21,22). The molecule has 24 heavy (non-hydrogen) atoms. The van der Waals surface area contributed by atoms with Crippen molar-refractivity contribution in [3.8, 4) is 11.8 Å². The van der Waals surface area contributed by atoms with Gasteiger partial charge in [0.05, 0.1) is 12.1 Å². The Bertz CT molecular complexity index is 797. The molecule has 0 unspecified atom stereocenters. The second-order valence-electron chi connectivity index (χ2n) is 4.54. The number of nitrogens with one attached hydrogen (secondary N) is 1. The Kier molecular flexibility index (Phi) is 5.86. The first-order chi connectivity index (χ1) is 11.6. The van der Waals surface area contributed by atoms with Crippen LogP contribution in [0.3, 0.4) is 0 Å². The number of carbonyl (C=O) groups is 2. The largest absolute Gasteiger partial charge is 0.478 e. The molecule has 0 fully saturated rings. The van der Waals surface area contributed by atoms with E-state index in [2.05, 4.69) is 22.1 Å². The van der Waals surface area contributed by atoms with E-state index in [0.29, 0.717) is 0 Å². The number of hydrogen-bond donors (Lipinski definition) is 2. The van der Waals surface area contributed by atoms with Gasteiger partial charge < -0.3 is 15.2 Å². The Morgan fingerprint density at radius 3 is 2.71 bits per heavy atom. The summed E-state index contributed by atoms with van der Waals surface area (Å²) in [4.78, 5) is 25.9. The zero-order valence-corrected chi connectivity index (χ0v) is 12.5. The van der Waals surface area contributed by atoms with Gasteiger partial charge in [-0.15, -0.1) is 0 Å². The minimum Gasteiger partial charge on any atom is -0.478 e. The molecular weight excluding hydrogens is 315 g/mol. The number of rotatable bonds is 4. The van der Waals surface area contributed by atoms with Crippen LogP contribution in [0.4, 0.5) is 9.18 Å². The average molecular weight is 328 g/mol. The van der Waals surface area contributed by atoms with Crippen LogP contribution in [0.1, 0.15) is 21.6 Å². The molecule has 0 aliphatic carbocycles. The number of benzene rings is 1. The number of ether oxygens (including phenoxy) is 1. The average Bonchev–Trinajstić information content (AvgIpc) is 2.58. The smallest absolute Gasteiger partial charge is 0.408 e. The van der Waals surface area contributed by atoms with Crippen molar-refractivity contribution in [1.29, 1.82) is 0 Å². The summed E-state index contributed by atoms with van der Waals surface area (Å²) in [5.74, 6) is 2.44. The van der Waals surface area contributed by atoms with Gasteiger partial charge in [0.15, 0.2) is 5.82 Å². The van der Waals surface area contributed by atoms with Crippen LogP contribution in [-0.2, 0) is 11.3 Å². The Labute approximate surface area is 137 Å². The Morgan fingerprint density at radius 2 is 2.00 bits per heavy atom. The highest BCUT2D eigenvalue weighted by molar-refractivity contribution is 5.88. The minimum atomic E-state index is -1.40. The molecule has 0 aliphatic rings. The number of carboxylic acid groups (broad SMARTS) is 1. The van der Waals surface area contributed by atoms with Gasteiger partial charge in [0.25, 0.3) is 0 Å². The highest BCUT2D eigenvalue weighted by Gasteiger charge is 2.13. The van der Waals surface area contributed by atoms with Crippen molar-refractivity contribution in [3.05, 3.63) is 65.2 Å². The van der Waals surface area contributed by atoms with Gasteiger partial charge in [0, 0.05) is 6.20 Å². The number of carboxylic acids is 1. The molecule has 122 valence electrons. The second kappa shape index (κ2) is 8.29. The topological polar surface area (TPSA) is 88.5 Å². The van der Waals surface area contributed by atoms with E-state index >= 15 is 0 Å². The predicted molar refractivity (Wildman–Crippen MR) is 82.7 cm³/mol. The van der Waals surface area contributed by atoms with E-state index in [0.717, 1.165) is 17.8 Å². The Hall–Kier alpha value is -3.40. The Morgan fingerprint density at radius 1 is 1.25 bits per heavy atom. The molecule has 0 saturated carbocycles. The number of alkyl carbamates (subject to hydrolysis) is 1. The minimum absolute atomic E-state index is 0.0912. The van der Waals surface area contributed by atoms with E-state index in [4.69, 9.17) is 9.84 Å². The molecule has 1 aromatic carbocycles. The van der Waals surface area contributed by atoms with Crippen LogP contribution in [0.5, 0.6) is 0 Å². The molecule has 2 rings (SSSR count). The van der Waals surface area contributed by atoms with Crippen LogP contribution in [0.25, 0.3) is 0 Å². The molecule has 0 saturated heterocycles. The summed E-state index contributed by atoms with van der Waals surface area (Å²) >= 11 is 0. The van der Waals surface area contributed by atoms with Gasteiger partial charge in [0.2, 0.25) is 0 Å². The summed E-state index contributed by atoms with van der Waals surface area (Å²) in [6, 6.07) is 10.2. The third kappa shape index (κ3) is 4.81. The molecule has 1 heterocycles. The van der Waals surface area contributed by atoms with Gasteiger partial charge >= 0.3 is 12.1 Å². The van der Waals surface area contributed by atoms with Crippen LogP contribution in [0, 0.1) is 17.7 Å². The SMILES string of the molecule is O=C(NCC#Cc1nccc(C(=O)O)c1F)OCc1ccccc1. The first-order valence-electron chi connectivity index (χ1n) is 6.89. The van der Waals surface area contributed by atoms with Gasteiger partial charge in [-0.1, -0.05) is 36.3 Å². The first kappa shape index (κ1) is 17.0. The number of pyridine rings is 1. The molecule has 0 radical (unpaired) electrons. The van der Waals surface area contributed by atoms with Gasteiger partial charge in [0.1, 0.15) is 12.3 Å². The molecule has 6 nitrogen and oxygen atoms in total. The highest BCUT2D eigenvalue weighted by atomic mass is 19.1. The molecule has 0 aliphatic heterocycles. The third-order valence-electron chi connectivity index (χ3n) is 2.86. The quantitative estimate of drug-likeness (QED) is 0.840. The fourth-order valence-electron chi connectivity index (χ4n) is 1.71. The lowest BCUT2D eigenvalue weighted by atomic mass is 10.2. The number of halogens is 1. The van der Waals surface area contributed by atoms with Crippen molar-refractivity contribution >= 4 is 12.1 Å². The maximum absolute atomic E-state index is 13.8.